The average Bonchev–Trinajstić information content (AvgIpc) is 3.43. The molecule has 35 heavy (non-hydrogen) atoms. The van der Waals surface area contributed by atoms with E-state index in [2.05, 4.69) is 26.3 Å². The van der Waals surface area contributed by atoms with Crippen molar-refractivity contribution < 1.29 is 27.9 Å². The van der Waals surface area contributed by atoms with E-state index in [1.165, 1.54) is 11.3 Å². The highest BCUT2D eigenvalue weighted by molar-refractivity contribution is 7.18. The molecule has 1 aliphatic heterocycles. The number of anilines is 1. The van der Waals surface area contributed by atoms with Crippen LogP contribution in [-0.4, -0.2) is 62.6 Å². The molecule has 1 unspecified atom stereocenters. The van der Waals surface area contributed by atoms with Gasteiger partial charge >= 0.3 is 12.1 Å². The number of aliphatic carboxylic acids is 1. The fraction of sp³-hybridized carbons (Fsp3) is 0.364. The number of rotatable bonds is 7. The highest BCUT2D eigenvalue weighted by Crippen LogP contribution is 2.30. The third kappa shape index (κ3) is 7.10. The highest BCUT2D eigenvalue weighted by Gasteiger charge is 2.38. The molecule has 3 aromatic rings. The van der Waals surface area contributed by atoms with Crippen LogP contribution in [0.1, 0.15) is 35.9 Å². The molecule has 3 heterocycles. The van der Waals surface area contributed by atoms with Gasteiger partial charge in [-0.25, -0.2) is 19.7 Å². The second kappa shape index (κ2) is 11.6. The maximum Gasteiger partial charge on any atom is 0.490 e. The van der Waals surface area contributed by atoms with E-state index in [0.29, 0.717) is 24.6 Å². The molecule has 0 spiro atoms. The van der Waals surface area contributed by atoms with Gasteiger partial charge in [0.15, 0.2) is 0 Å². The van der Waals surface area contributed by atoms with Crippen LogP contribution in [-0.2, 0) is 9.59 Å². The third-order valence-electron chi connectivity index (χ3n) is 4.96. The smallest absolute Gasteiger partial charge is 0.475 e. The van der Waals surface area contributed by atoms with Crippen molar-refractivity contribution in [3.63, 3.8) is 0 Å². The van der Waals surface area contributed by atoms with Crippen molar-refractivity contribution in [1.82, 2.24) is 19.9 Å². The zero-order valence-electron chi connectivity index (χ0n) is 18.3. The number of hydrogen-bond donors (Lipinski definition) is 2. The number of alkyl halides is 3. The molecule has 4 rings (SSSR count). The maximum absolute atomic E-state index is 11.6. The summed E-state index contributed by atoms with van der Waals surface area (Å²) in [6.07, 6.45) is -0.968. The first-order valence-electron chi connectivity index (χ1n) is 10.6. The lowest BCUT2D eigenvalue weighted by Crippen LogP contribution is -2.27. The van der Waals surface area contributed by atoms with Gasteiger partial charge in [0.05, 0.1) is 22.0 Å². The first-order chi connectivity index (χ1) is 16.7. The van der Waals surface area contributed by atoms with Gasteiger partial charge in [0.1, 0.15) is 10.9 Å². The van der Waals surface area contributed by atoms with Crippen LogP contribution in [0.2, 0.25) is 0 Å². The van der Waals surface area contributed by atoms with Crippen LogP contribution in [0.25, 0.3) is 10.2 Å². The number of aromatic nitrogens is 3. The second-order valence-electron chi connectivity index (χ2n) is 7.45. The van der Waals surface area contributed by atoms with E-state index in [1.807, 2.05) is 29.2 Å². The van der Waals surface area contributed by atoms with Crippen molar-refractivity contribution in [2.75, 3.05) is 25.0 Å². The summed E-state index contributed by atoms with van der Waals surface area (Å²) in [7, 11) is 0. The standard InChI is InChI=1S/C20H20N6OS.C2HF3O2/c21-13-14(19-24-16-5-1-2-6-17(16)28-19)15-8-10-23-20(25-15)22-9-4-12-26-11-3-7-18(26)27;3-2(4,5)1(6)7/h1-2,5-6,8,10,14H,3-4,7,9,11-12H2,(H,22,23,25);(H,6,7). The van der Waals surface area contributed by atoms with Crippen molar-refractivity contribution in [2.24, 2.45) is 0 Å². The lowest BCUT2D eigenvalue weighted by atomic mass is 10.1. The molecule has 1 fully saturated rings. The minimum atomic E-state index is -5.08. The summed E-state index contributed by atoms with van der Waals surface area (Å²) in [6.45, 7) is 2.28. The van der Waals surface area contributed by atoms with E-state index >= 15 is 0 Å². The summed E-state index contributed by atoms with van der Waals surface area (Å²) < 4.78 is 32.8. The molecule has 0 radical (unpaired) electrons. The zero-order chi connectivity index (χ0) is 25.4. The van der Waals surface area contributed by atoms with Crippen molar-refractivity contribution in [3.05, 3.63) is 47.2 Å². The van der Waals surface area contributed by atoms with Gasteiger partial charge in [0.25, 0.3) is 0 Å². The predicted molar refractivity (Wildman–Crippen MR) is 122 cm³/mol. The second-order valence-corrected chi connectivity index (χ2v) is 8.52. The van der Waals surface area contributed by atoms with Crippen LogP contribution in [0.4, 0.5) is 19.1 Å². The van der Waals surface area contributed by atoms with Crippen molar-refractivity contribution >= 4 is 39.4 Å². The Balaban J connectivity index is 0.000000429. The monoisotopic (exact) mass is 506 g/mol. The lowest BCUT2D eigenvalue weighted by molar-refractivity contribution is -0.192. The van der Waals surface area contributed by atoms with Gasteiger partial charge < -0.3 is 15.3 Å². The van der Waals surface area contributed by atoms with Crippen molar-refractivity contribution in [1.29, 1.82) is 5.26 Å². The number of halogens is 3. The van der Waals surface area contributed by atoms with Gasteiger partial charge in [-0.15, -0.1) is 11.3 Å². The van der Waals surface area contributed by atoms with E-state index in [0.717, 1.165) is 41.2 Å². The number of carboxylic acid groups (broad SMARTS) is 1. The minimum absolute atomic E-state index is 0.242. The van der Waals surface area contributed by atoms with Gasteiger partial charge in [-0.1, -0.05) is 12.1 Å². The Hall–Kier alpha value is -3.79. The van der Waals surface area contributed by atoms with Gasteiger partial charge in [-0.2, -0.15) is 18.4 Å². The quantitative estimate of drug-likeness (QED) is 0.463. The maximum atomic E-state index is 11.6. The summed E-state index contributed by atoms with van der Waals surface area (Å²) in [5, 5.41) is 20.8. The van der Waals surface area contributed by atoms with E-state index in [-0.39, 0.29) is 5.91 Å². The number of amides is 1. The molecule has 9 nitrogen and oxygen atoms in total. The number of hydrogen-bond acceptors (Lipinski definition) is 8. The molecule has 2 aromatic heterocycles. The summed E-state index contributed by atoms with van der Waals surface area (Å²) in [5.41, 5.74) is 1.53. The van der Waals surface area contributed by atoms with E-state index in [9.17, 15) is 23.2 Å². The molecule has 0 bridgehead atoms. The number of nitriles is 1. The van der Waals surface area contributed by atoms with Gasteiger partial charge in [-0.3, -0.25) is 4.79 Å². The zero-order valence-corrected chi connectivity index (χ0v) is 19.1. The van der Waals surface area contributed by atoms with Crippen molar-refractivity contribution in [3.8, 4) is 6.07 Å². The van der Waals surface area contributed by atoms with Gasteiger partial charge in [-0.05, 0) is 31.0 Å². The molecule has 0 aliphatic carbocycles. The molecule has 1 aromatic carbocycles. The molecular weight excluding hydrogens is 485 g/mol. The molecule has 184 valence electrons. The normalized spacial score (nSPS) is 14.2. The first kappa shape index (κ1) is 25.8. The highest BCUT2D eigenvalue weighted by atomic mass is 32.1. The first-order valence-corrected chi connectivity index (χ1v) is 11.4. The molecule has 13 heteroatoms. The summed E-state index contributed by atoms with van der Waals surface area (Å²) in [5.74, 6) is -2.55. The predicted octanol–water partition coefficient (Wildman–Crippen LogP) is 3.80. The van der Waals surface area contributed by atoms with Gasteiger partial charge in [0, 0.05) is 32.3 Å². The topological polar surface area (TPSA) is 132 Å². The Bertz CT molecular complexity index is 1190. The number of benzene rings is 1. The number of para-hydroxylation sites is 1. The van der Waals surface area contributed by atoms with E-state index < -0.39 is 18.1 Å². The van der Waals surface area contributed by atoms with Crippen LogP contribution in [0.15, 0.2) is 36.5 Å². The number of carbonyl (C=O) groups excluding carboxylic acids is 1. The van der Waals surface area contributed by atoms with Crippen LogP contribution >= 0.6 is 11.3 Å². The number of thiazole rings is 1. The number of likely N-dealkylation sites (tertiary alicyclic amines) is 1. The third-order valence-corrected chi connectivity index (χ3v) is 6.06. The SMILES string of the molecule is N#CC(c1ccnc(NCCCN2CCCC2=O)n1)c1nc2ccccc2s1.O=C(O)C(F)(F)F. The number of carboxylic acids is 1. The van der Waals surface area contributed by atoms with Crippen LogP contribution in [0.5, 0.6) is 0 Å². The lowest BCUT2D eigenvalue weighted by Gasteiger charge is -2.15. The van der Waals surface area contributed by atoms with E-state index in [1.54, 1.807) is 12.3 Å². The molecule has 1 saturated heterocycles. The summed E-state index contributed by atoms with van der Waals surface area (Å²) in [4.78, 5) is 35.8. The number of fused-ring (bicyclic) bond motifs is 1. The fourth-order valence-corrected chi connectivity index (χ4v) is 4.32. The fourth-order valence-electron chi connectivity index (χ4n) is 3.29. The van der Waals surface area contributed by atoms with Gasteiger partial charge in [0.2, 0.25) is 11.9 Å². The Morgan fingerprint density at radius 3 is 2.66 bits per heavy atom. The molecule has 0 saturated carbocycles. The molecule has 1 atom stereocenters. The molecule has 1 amide bonds. The number of nitrogens with zero attached hydrogens (tertiary/aromatic N) is 5. The Morgan fingerprint density at radius 2 is 2.03 bits per heavy atom. The Labute approximate surface area is 202 Å². The minimum Gasteiger partial charge on any atom is -0.475 e. The Morgan fingerprint density at radius 1 is 1.29 bits per heavy atom. The van der Waals surface area contributed by atoms with Crippen LogP contribution < -0.4 is 5.32 Å². The molecule has 1 aliphatic rings. The molecular formula is C22H21F3N6O3S. The Kier molecular flexibility index (Phi) is 8.53. The largest absolute Gasteiger partial charge is 0.490 e. The molecule has 2 N–H and O–H groups in total. The number of nitrogens with one attached hydrogen (secondary N) is 1. The summed E-state index contributed by atoms with van der Waals surface area (Å²) >= 11 is 1.51. The van der Waals surface area contributed by atoms with Crippen LogP contribution in [0.3, 0.4) is 0 Å². The van der Waals surface area contributed by atoms with E-state index in [4.69, 9.17) is 9.90 Å². The number of carbonyl (C=O) groups is 2. The average molecular weight is 507 g/mol. The van der Waals surface area contributed by atoms with Crippen LogP contribution in [0, 0.1) is 11.3 Å². The summed E-state index contributed by atoms with van der Waals surface area (Å²) in [6, 6.07) is 11.9. The van der Waals surface area contributed by atoms with Crippen molar-refractivity contribution in [2.45, 2.75) is 31.4 Å².